The number of hydrogen-bond donors (Lipinski definition) is 1. The van der Waals surface area contributed by atoms with Crippen LogP contribution >= 0.6 is 15.9 Å². The van der Waals surface area contributed by atoms with E-state index in [2.05, 4.69) is 25.9 Å². The van der Waals surface area contributed by atoms with Gasteiger partial charge >= 0.3 is 0 Å². The molecule has 0 amide bonds. The van der Waals surface area contributed by atoms with Crippen molar-refractivity contribution in [2.75, 3.05) is 6.61 Å². The highest BCUT2D eigenvalue weighted by Crippen LogP contribution is 2.19. The quantitative estimate of drug-likeness (QED) is 0.831. The smallest absolute Gasteiger partial charge is 0.217 e. The summed E-state index contributed by atoms with van der Waals surface area (Å²) >= 11 is 3.37. The van der Waals surface area contributed by atoms with Gasteiger partial charge in [-0.1, -0.05) is 0 Å². The van der Waals surface area contributed by atoms with E-state index in [0.717, 1.165) is 22.9 Å². The zero-order valence-corrected chi connectivity index (χ0v) is 12.1. The summed E-state index contributed by atoms with van der Waals surface area (Å²) in [6.45, 7) is 1.05. The van der Waals surface area contributed by atoms with Crippen molar-refractivity contribution in [2.24, 2.45) is 5.73 Å². The Morgan fingerprint density at radius 3 is 2.79 bits per heavy atom. The van der Waals surface area contributed by atoms with Gasteiger partial charge in [-0.15, -0.1) is 0 Å². The highest BCUT2D eigenvalue weighted by molar-refractivity contribution is 9.10. The van der Waals surface area contributed by atoms with E-state index in [1.165, 1.54) is 5.56 Å². The molecule has 2 aromatic rings. The summed E-state index contributed by atoms with van der Waals surface area (Å²) in [6, 6.07) is 5.97. The lowest BCUT2D eigenvalue weighted by Crippen LogP contribution is -2.06. The van der Waals surface area contributed by atoms with Crippen molar-refractivity contribution in [1.82, 2.24) is 9.97 Å². The maximum atomic E-state index is 5.68. The van der Waals surface area contributed by atoms with Crippen molar-refractivity contribution in [2.45, 2.75) is 19.4 Å². The number of nitrogens with zero attached hydrogens (tertiary/aromatic N) is 2. The van der Waals surface area contributed by atoms with Crippen molar-refractivity contribution >= 4 is 15.9 Å². The fourth-order valence-electron chi connectivity index (χ4n) is 1.74. The number of rotatable bonds is 6. The molecule has 0 aliphatic carbocycles. The van der Waals surface area contributed by atoms with Crippen molar-refractivity contribution in [3.8, 4) is 5.88 Å². The lowest BCUT2D eigenvalue weighted by atomic mass is 10.1. The second kappa shape index (κ2) is 7.21. The monoisotopic (exact) mass is 321 g/mol. The Morgan fingerprint density at radius 1 is 1.26 bits per heavy atom. The number of halogens is 1. The first kappa shape index (κ1) is 14.0. The fraction of sp³-hybridized carbons (Fsp3) is 0.286. The number of ether oxygens (including phenoxy) is 1. The maximum Gasteiger partial charge on any atom is 0.217 e. The predicted octanol–water partition coefficient (Wildman–Crippen LogP) is 2.71. The van der Waals surface area contributed by atoms with Gasteiger partial charge in [-0.2, -0.15) is 0 Å². The molecule has 0 saturated carbocycles. The molecule has 0 fully saturated rings. The molecule has 0 spiro atoms. The molecule has 2 heterocycles. The van der Waals surface area contributed by atoms with Gasteiger partial charge in [0, 0.05) is 35.2 Å². The number of hydrogen-bond acceptors (Lipinski definition) is 4. The average Bonchev–Trinajstić information content (AvgIpc) is 2.46. The standard InChI is InChI=1S/C14H16BrN3O/c15-13-8-12(9-16)14(18-10-13)19-7-1-2-11-3-5-17-6-4-11/h3-6,8,10H,1-2,7,9,16H2. The molecule has 0 atom stereocenters. The highest BCUT2D eigenvalue weighted by atomic mass is 79.9. The Bertz CT molecular complexity index is 519. The summed E-state index contributed by atoms with van der Waals surface area (Å²) in [6.07, 6.45) is 7.23. The Labute approximate surface area is 121 Å². The summed E-state index contributed by atoms with van der Waals surface area (Å²) in [5, 5.41) is 0. The van der Waals surface area contributed by atoms with Crippen LogP contribution in [0.2, 0.25) is 0 Å². The van der Waals surface area contributed by atoms with Gasteiger partial charge in [0.15, 0.2) is 0 Å². The van der Waals surface area contributed by atoms with E-state index < -0.39 is 0 Å². The van der Waals surface area contributed by atoms with Gasteiger partial charge in [-0.3, -0.25) is 4.98 Å². The minimum atomic E-state index is 0.423. The first-order valence-electron chi connectivity index (χ1n) is 6.16. The molecular weight excluding hydrogens is 306 g/mol. The number of pyridine rings is 2. The molecule has 0 radical (unpaired) electrons. The molecule has 0 aliphatic heterocycles. The summed E-state index contributed by atoms with van der Waals surface area (Å²) in [5.74, 6) is 0.625. The summed E-state index contributed by atoms with van der Waals surface area (Å²) in [5.41, 5.74) is 7.85. The maximum absolute atomic E-state index is 5.68. The van der Waals surface area contributed by atoms with E-state index in [1.54, 1.807) is 18.6 Å². The number of nitrogens with two attached hydrogens (primary N) is 1. The molecule has 0 bridgehead atoms. The zero-order chi connectivity index (χ0) is 13.5. The van der Waals surface area contributed by atoms with Crippen LogP contribution in [0.25, 0.3) is 0 Å². The third-order valence-electron chi connectivity index (χ3n) is 2.71. The number of aromatic nitrogens is 2. The van der Waals surface area contributed by atoms with Crippen LogP contribution in [0.15, 0.2) is 41.3 Å². The molecule has 4 nitrogen and oxygen atoms in total. The van der Waals surface area contributed by atoms with Crippen LogP contribution in [0.1, 0.15) is 17.5 Å². The van der Waals surface area contributed by atoms with E-state index in [0.29, 0.717) is 19.0 Å². The molecule has 100 valence electrons. The van der Waals surface area contributed by atoms with Crippen LogP contribution in [0.3, 0.4) is 0 Å². The van der Waals surface area contributed by atoms with E-state index >= 15 is 0 Å². The molecule has 5 heteroatoms. The van der Waals surface area contributed by atoms with Crippen LogP contribution in [-0.2, 0) is 13.0 Å². The van der Waals surface area contributed by atoms with E-state index in [9.17, 15) is 0 Å². The lowest BCUT2D eigenvalue weighted by molar-refractivity contribution is 0.296. The molecule has 0 saturated heterocycles. The lowest BCUT2D eigenvalue weighted by Gasteiger charge is -2.09. The second-order valence-electron chi connectivity index (χ2n) is 4.13. The van der Waals surface area contributed by atoms with Gasteiger partial charge in [0.2, 0.25) is 5.88 Å². The Kier molecular flexibility index (Phi) is 5.30. The van der Waals surface area contributed by atoms with Gasteiger partial charge in [0.05, 0.1) is 6.61 Å². The molecular formula is C14H16BrN3O. The Morgan fingerprint density at radius 2 is 2.05 bits per heavy atom. The molecule has 0 unspecified atom stereocenters. The van der Waals surface area contributed by atoms with Crippen LogP contribution in [0, 0.1) is 0 Å². The third-order valence-corrected chi connectivity index (χ3v) is 3.14. The molecule has 2 aromatic heterocycles. The van der Waals surface area contributed by atoms with Crippen LogP contribution in [0.4, 0.5) is 0 Å². The summed E-state index contributed by atoms with van der Waals surface area (Å²) < 4.78 is 6.59. The predicted molar refractivity (Wildman–Crippen MR) is 77.9 cm³/mol. The molecule has 0 aliphatic rings. The first-order chi connectivity index (χ1) is 9.29. The van der Waals surface area contributed by atoms with Crippen LogP contribution < -0.4 is 10.5 Å². The van der Waals surface area contributed by atoms with Crippen molar-refractivity contribution in [3.63, 3.8) is 0 Å². The number of aryl methyl sites for hydroxylation is 1. The largest absolute Gasteiger partial charge is 0.477 e. The minimum absolute atomic E-state index is 0.423. The Hall–Kier alpha value is -1.46. The second-order valence-corrected chi connectivity index (χ2v) is 5.05. The SMILES string of the molecule is NCc1cc(Br)cnc1OCCCc1ccncc1. The summed E-state index contributed by atoms with van der Waals surface area (Å²) in [7, 11) is 0. The van der Waals surface area contributed by atoms with E-state index in [1.807, 2.05) is 18.2 Å². The zero-order valence-electron chi connectivity index (χ0n) is 10.6. The molecule has 0 aromatic carbocycles. The first-order valence-corrected chi connectivity index (χ1v) is 6.95. The van der Waals surface area contributed by atoms with E-state index in [-0.39, 0.29) is 0 Å². The highest BCUT2D eigenvalue weighted by Gasteiger charge is 2.04. The third kappa shape index (κ3) is 4.29. The fourth-order valence-corrected chi connectivity index (χ4v) is 2.12. The molecule has 19 heavy (non-hydrogen) atoms. The van der Waals surface area contributed by atoms with Gasteiger partial charge in [0.1, 0.15) is 0 Å². The van der Waals surface area contributed by atoms with Gasteiger partial charge < -0.3 is 10.5 Å². The van der Waals surface area contributed by atoms with Crippen LogP contribution in [0.5, 0.6) is 5.88 Å². The van der Waals surface area contributed by atoms with Gasteiger partial charge in [0.25, 0.3) is 0 Å². The van der Waals surface area contributed by atoms with Gasteiger partial charge in [-0.25, -0.2) is 4.98 Å². The average molecular weight is 322 g/mol. The Balaban J connectivity index is 1.83. The normalized spacial score (nSPS) is 10.4. The van der Waals surface area contributed by atoms with E-state index in [4.69, 9.17) is 10.5 Å². The van der Waals surface area contributed by atoms with Crippen LogP contribution in [-0.4, -0.2) is 16.6 Å². The van der Waals surface area contributed by atoms with Crippen molar-refractivity contribution < 1.29 is 4.74 Å². The minimum Gasteiger partial charge on any atom is -0.477 e. The summed E-state index contributed by atoms with van der Waals surface area (Å²) in [4.78, 5) is 8.23. The topological polar surface area (TPSA) is 61.0 Å². The molecule has 2 rings (SSSR count). The van der Waals surface area contributed by atoms with Crippen molar-refractivity contribution in [1.29, 1.82) is 0 Å². The van der Waals surface area contributed by atoms with Crippen molar-refractivity contribution in [3.05, 3.63) is 52.4 Å². The molecule has 2 N–H and O–H groups in total. The van der Waals surface area contributed by atoms with Gasteiger partial charge in [-0.05, 0) is 52.5 Å².